The Labute approximate surface area is 160 Å². The van der Waals surface area contributed by atoms with Crippen LogP contribution in [0.1, 0.15) is 28.0 Å². The number of H-pyrrole nitrogens is 1. The zero-order valence-electron chi connectivity index (χ0n) is 15.4. The number of ether oxygens (including phenoxy) is 1. The lowest BCUT2D eigenvalue weighted by atomic mass is 10.0. The summed E-state index contributed by atoms with van der Waals surface area (Å²) < 4.78 is 20.8. The zero-order chi connectivity index (χ0) is 19.3. The first kappa shape index (κ1) is 17.0. The van der Waals surface area contributed by atoms with Crippen molar-refractivity contribution in [3.05, 3.63) is 47.3 Å². The molecule has 7 nitrogen and oxygen atoms in total. The predicted octanol–water partition coefficient (Wildman–Crippen LogP) is 2.51. The quantitative estimate of drug-likeness (QED) is 0.728. The van der Waals surface area contributed by atoms with Gasteiger partial charge in [-0.3, -0.25) is 9.89 Å². The van der Waals surface area contributed by atoms with Crippen molar-refractivity contribution in [2.75, 3.05) is 18.0 Å². The van der Waals surface area contributed by atoms with Crippen LogP contribution in [-0.4, -0.2) is 46.5 Å². The highest BCUT2D eigenvalue weighted by atomic mass is 19.1. The summed E-state index contributed by atoms with van der Waals surface area (Å²) in [5.41, 5.74) is 3.15. The van der Waals surface area contributed by atoms with Crippen molar-refractivity contribution in [3.63, 3.8) is 0 Å². The number of aromatic amines is 1. The molecule has 2 N–H and O–H groups in total. The minimum Gasteiger partial charge on any atom is -0.487 e. The standard InChI is InChI=1S/C20H20FN5O2/c1-11-6-14-17(9-22-20(14)27)24-19(11)26-5-4-18(15(21)10-26)28-13-2-3-16-12(7-13)8-23-25-16/h2-3,6-8,15,18H,4-5,9-10H2,1H3,(H,22,27)(H,23,25)/t15-,18?/m0/s1. The molecule has 1 unspecified atom stereocenters. The molecule has 144 valence electrons. The summed E-state index contributed by atoms with van der Waals surface area (Å²) in [5, 5.41) is 10.6. The van der Waals surface area contributed by atoms with Crippen LogP contribution >= 0.6 is 0 Å². The summed E-state index contributed by atoms with van der Waals surface area (Å²) in [6.07, 6.45) is 0.640. The SMILES string of the molecule is Cc1cc2c(nc1N1CCC(Oc3ccc4[nH]ncc4c3)[C@@H](F)C1)CNC2=O. The van der Waals surface area contributed by atoms with Gasteiger partial charge in [-0.1, -0.05) is 0 Å². The Morgan fingerprint density at radius 2 is 2.21 bits per heavy atom. The van der Waals surface area contributed by atoms with Gasteiger partial charge in [0.15, 0.2) is 6.17 Å². The summed E-state index contributed by atoms with van der Waals surface area (Å²) >= 11 is 0. The molecule has 2 aromatic heterocycles. The van der Waals surface area contributed by atoms with Crippen molar-refractivity contribution in [1.82, 2.24) is 20.5 Å². The number of nitrogens with zero attached hydrogens (tertiary/aromatic N) is 3. The average molecular weight is 381 g/mol. The van der Waals surface area contributed by atoms with Gasteiger partial charge in [0.1, 0.15) is 17.7 Å². The van der Waals surface area contributed by atoms with Crippen LogP contribution in [0.2, 0.25) is 0 Å². The Morgan fingerprint density at radius 3 is 3.07 bits per heavy atom. The van der Waals surface area contributed by atoms with E-state index in [0.717, 1.165) is 28.0 Å². The van der Waals surface area contributed by atoms with Gasteiger partial charge in [0.05, 0.1) is 36.1 Å². The van der Waals surface area contributed by atoms with Gasteiger partial charge in [0, 0.05) is 18.4 Å². The lowest BCUT2D eigenvalue weighted by Crippen LogP contribution is -2.47. The number of carbonyl (C=O) groups is 1. The third-order valence-corrected chi connectivity index (χ3v) is 5.41. The molecule has 1 aromatic carbocycles. The number of nitrogens with one attached hydrogen (secondary N) is 2. The number of hydrogen-bond acceptors (Lipinski definition) is 5. The van der Waals surface area contributed by atoms with Crippen molar-refractivity contribution < 1.29 is 13.9 Å². The number of aromatic nitrogens is 3. The number of alkyl halides is 1. The second-order valence-electron chi connectivity index (χ2n) is 7.33. The van der Waals surface area contributed by atoms with Gasteiger partial charge in [-0.05, 0) is 36.8 Å². The van der Waals surface area contributed by atoms with Gasteiger partial charge in [-0.2, -0.15) is 5.10 Å². The fourth-order valence-electron chi connectivity index (χ4n) is 3.93. The minimum absolute atomic E-state index is 0.0952. The fourth-order valence-corrected chi connectivity index (χ4v) is 3.93. The van der Waals surface area contributed by atoms with E-state index in [9.17, 15) is 9.18 Å². The largest absolute Gasteiger partial charge is 0.487 e. The highest BCUT2D eigenvalue weighted by Crippen LogP contribution is 2.29. The number of rotatable bonds is 3. The first-order chi connectivity index (χ1) is 13.6. The predicted molar refractivity (Wildman–Crippen MR) is 102 cm³/mol. The molecule has 2 aliphatic heterocycles. The Morgan fingerprint density at radius 1 is 1.32 bits per heavy atom. The lowest BCUT2D eigenvalue weighted by Gasteiger charge is -2.36. The van der Waals surface area contributed by atoms with E-state index in [0.29, 0.717) is 30.8 Å². The van der Waals surface area contributed by atoms with Gasteiger partial charge >= 0.3 is 0 Å². The third kappa shape index (κ3) is 2.85. The molecule has 0 bridgehead atoms. The van der Waals surface area contributed by atoms with E-state index in [1.807, 2.05) is 36.1 Å². The Balaban J connectivity index is 1.31. The number of halogens is 1. The molecule has 0 saturated carbocycles. The number of amides is 1. The van der Waals surface area contributed by atoms with Gasteiger partial charge in [-0.25, -0.2) is 9.37 Å². The smallest absolute Gasteiger partial charge is 0.253 e. The van der Waals surface area contributed by atoms with E-state index >= 15 is 0 Å². The van der Waals surface area contributed by atoms with Crippen molar-refractivity contribution >= 4 is 22.6 Å². The highest BCUT2D eigenvalue weighted by molar-refractivity contribution is 5.98. The molecule has 8 heteroatoms. The maximum absolute atomic E-state index is 14.9. The number of piperidine rings is 1. The fraction of sp³-hybridized carbons (Fsp3) is 0.350. The van der Waals surface area contributed by atoms with Crippen LogP contribution in [0.3, 0.4) is 0 Å². The van der Waals surface area contributed by atoms with E-state index in [1.165, 1.54) is 0 Å². The Kier molecular flexibility index (Phi) is 3.92. The molecule has 0 aliphatic carbocycles. The van der Waals surface area contributed by atoms with E-state index < -0.39 is 12.3 Å². The molecule has 0 spiro atoms. The Bertz CT molecular complexity index is 1070. The number of aryl methyl sites for hydroxylation is 1. The highest BCUT2D eigenvalue weighted by Gasteiger charge is 2.33. The summed E-state index contributed by atoms with van der Waals surface area (Å²) in [6, 6.07) is 7.42. The lowest BCUT2D eigenvalue weighted by molar-refractivity contribution is 0.0820. The number of hydrogen-bond donors (Lipinski definition) is 2. The second kappa shape index (κ2) is 6.47. The molecular weight excluding hydrogens is 361 g/mol. The van der Waals surface area contributed by atoms with E-state index in [1.54, 1.807) is 6.20 Å². The topological polar surface area (TPSA) is 83.1 Å². The summed E-state index contributed by atoms with van der Waals surface area (Å²) in [7, 11) is 0. The monoisotopic (exact) mass is 381 g/mol. The van der Waals surface area contributed by atoms with Crippen LogP contribution in [-0.2, 0) is 6.54 Å². The summed E-state index contributed by atoms with van der Waals surface area (Å²) in [5.74, 6) is 1.30. The minimum atomic E-state index is -1.14. The summed E-state index contributed by atoms with van der Waals surface area (Å²) in [6.45, 7) is 3.19. The zero-order valence-corrected chi connectivity index (χ0v) is 15.4. The van der Waals surface area contributed by atoms with Crippen molar-refractivity contribution in [3.8, 4) is 5.75 Å². The van der Waals surface area contributed by atoms with Gasteiger partial charge < -0.3 is 15.0 Å². The van der Waals surface area contributed by atoms with Crippen LogP contribution in [0.4, 0.5) is 10.2 Å². The average Bonchev–Trinajstić information content (AvgIpc) is 3.29. The van der Waals surface area contributed by atoms with Gasteiger partial charge in [0.2, 0.25) is 0 Å². The molecule has 1 amide bonds. The number of pyridine rings is 1. The third-order valence-electron chi connectivity index (χ3n) is 5.41. The molecule has 1 fully saturated rings. The molecular formula is C20H20FN5O2. The van der Waals surface area contributed by atoms with Crippen LogP contribution in [0.5, 0.6) is 5.75 Å². The van der Waals surface area contributed by atoms with Crippen molar-refractivity contribution in [1.29, 1.82) is 0 Å². The van der Waals surface area contributed by atoms with Crippen LogP contribution < -0.4 is 15.0 Å². The van der Waals surface area contributed by atoms with Crippen LogP contribution in [0.15, 0.2) is 30.5 Å². The molecule has 4 heterocycles. The Hall–Kier alpha value is -3.16. The van der Waals surface area contributed by atoms with Crippen LogP contribution in [0, 0.1) is 6.92 Å². The number of anilines is 1. The second-order valence-corrected chi connectivity index (χ2v) is 7.33. The number of fused-ring (bicyclic) bond motifs is 2. The first-order valence-electron chi connectivity index (χ1n) is 9.36. The number of carbonyl (C=O) groups excluding carboxylic acids is 1. The van der Waals surface area contributed by atoms with Crippen LogP contribution in [0.25, 0.3) is 10.9 Å². The molecule has 5 rings (SSSR count). The maximum Gasteiger partial charge on any atom is 0.253 e. The molecule has 28 heavy (non-hydrogen) atoms. The van der Waals surface area contributed by atoms with Crippen molar-refractivity contribution in [2.24, 2.45) is 0 Å². The normalized spacial score (nSPS) is 21.6. The molecule has 1 saturated heterocycles. The van der Waals surface area contributed by atoms with Gasteiger partial charge in [-0.15, -0.1) is 0 Å². The number of benzene rings is 1. The molecule has 2 atom stereocenters. The molecule has 3 aromatic rings. The summed E-state index contributed by atoms with van der Waals surface area (Å²) in [4.78, 5) is 18.4. The van der Waals surface area contributed by atoms with Gasteiger partial charge in [0.25, 0.3) is 5.91 Å². The molecule has 2 aliphatic rings. The maximum atomic E-state index is 14.9. The molecule has 0 radical (unpaired) electrons. The van der Waals surface area contributed by atoms with E-state index in [-0.39, 0.29) is 12.5 Å². The van der Waals surface area contributed by atoms with Crippen molar-refractivity contribution in [2.45, 2.75) is 32.2 Å². The van der Waals surface area contributed by atoms with E-state index in [4.69, 9.17) is 4.74 Å². The first-order valence-corrected chi connectivity index (χ1v) is 9.36. The van der Waals surface area contributed by atoms with E-state index in [2.05, 4.69) is 20.5 Å².